The summed E-state index contributed by atoms with van der Waals surface area (Å²) in [7, 11) is 2.95. The van der Waals surface area contributed by atoms with Crippen molar-refractivity contribution in [2.75, 3.05) is 19.5 Å². The van der Waals surface area contributed by atoms with Crippen LogP contribution >= 0.6 is 0 Å². The monoisotopic (exact) mass is 368 g/mol. The van der Waals surface area contributed by atoms with Crippen molar-refractivity contribution >= 4 is 17.3 Å². The number of ether oxygens (including phenoxy) is 2. The van der Waals surface area contributed by atoms with E-state index in [1.54, 1.807) is 30.3 Å². The summed E-state index contributed by atoms with van der Waals surface area (Å²) in [4.78, 5) is 23.2. The van der Waals surface area contributed by atoms with Gasteiger partial charge in [-0.25, -0.2) is 0 Å². The Balaban J connectivity index is 1.86. The first-order chi connectivity index (χ1) is 13.0. The van der Waals surface area contributed by atoms with Crippen LogP contribution in [0.15, 0.2) is 59.0 Å². The number of furan rings is 1. The van der Waals surface area contributed by atoms with E-state index in [0.29, 0.717) is 17.2 Å². The average molecular weight is 368 g/mol. The van der Waals surface area contributed by atoms with Gasteiger partial charge in [-0.3, -0.25) is 14.9 Å². The maximum absolute atomic E-state index is 12.4. The molecule has 0 unspecified atom stereocenters. The molecule has 0 aliphatic heterocycles. The Kier molecular flexibility index (Phi) is 5.07. The van der Waals surface area contributed by atoms with Crippen LogP contribution in [0, 0.1) is 10.1 Å². The number of carbonyl (C=O) groups excluding carboxylic acids is 1. The summed E-state index contributed by atoms with van der Waals surface area (Å²) in [5.74, 6) is 0.707. The molecule has 0 radical (unpaired) electrons. The second-order valence-electron chi connectivity index (χ2n) is 5.49. The average Bonchev–Trinajstić information content (AvgIpc) is 3.17. The number of hydrogen-bond donors (Lipinski definition) is 1. The Bertz CT molecular complexity index is 995. The predicted octanol–water partition coefficient (Wildman–Crippen LogP) is 4.12. The van der Waals surface area contributed by atoms with Gasteiger partial charge in [0, 0.05) is 11.8 Å². The highest BCUT2D eigenvalue weighted by molar-refractivity contribution is 6.02. The molecule has 0 aliphatic carbocycles. The number of anilines is 1. The van der Waals surface area contributed by atoms with E-state index in [9.17, 15) is 14.9 Å². The molecule has 1 heterocycles. The number of methoxy groups -OCH3 is 2. The number of nitro groups is 1. The topological polar surface area (TPSA) is 104 Å². The molecule has 1 aromatic heterocycles. The standard InChI is InChI=1S/C19H16N2O6/c1-25-13-5-3-4-12(10-13)20-19(22)18-9-8-17(27-18)15-7-6-14(26-2)11-16(15)21(23)24/h3-11H,1-2H3,(H,20,22). The second-order valence-corrected chi connectivity index (χ2v) is 5.49. The van der Waals surface area contributed by atoms with Crippen molar-refractivity contribution in [3.63, 3.8) is 0 Å². The Morgan fingerprint density at radius 1 is 1.04 bits per heavy atom. The summed E-state index contributed by atoms with van der Waals surface area (Å²) in [6.07, 6.45) is 0. The SMILES string of the molecule is COc1cccc(NC(=O)c2ccc(-c3ccc(OC)cc3[N+](=O)[O-])o2)c1. The van der Waals surface area contributed by atoms with Gasteiger partial charge in [0.2, 0.25) is 0 Å². The highest BCUT2D eigenvalue weighted by Crippen LogP contribution is 2.34. The van der Waals surface area contributed by atoms with E-state index >= 15 is 0 Å². The number of hydrogen-bond acceptors (Lipinski definition) is 6. The molecule has 3 aromatic rings. The van der Waals surface area contributed by atoms with Crippen LogP contribution in [0.5, 0.6) is 11.5 Å². The van der Waals surface area contributed by atoms with Crippen molar-refractivity contribution in [1.29, 1.82) is 0 Å². The predicted molar refractivity (Wildman–Crippen MR) is 98.3 cm³/mol. The molecule has 138 valence electrons. The van der Waals surface area contributed by atoms with Gasteiger partial charge < -0.3 is 19.2 Å². The van der Waals surface area contributed by atoms with Gasteiger partial charge in [0.15, 0.2) is 5.76 Å². The molecule has 0 atom stereocenters. The molecule has 1 N–H and O–H groups in total. The van der Waals surface area contributed by atoms with Crippen molar-refractivity contribution in [3.8, 4) is 22.8 Å². The fourth-order valence-corrected chi connectivity index (χ4v) is 2.50. The number of carbonyl (C=O) groups is 1. The first-order valence-electron chi connectivity index (χ1n) is 7.90. The number of nitrogens with zero attached hydrogens (tertiary/aromatic N) is 1. The van der Waals surface area contributed by atoms with E-state index in [0.717, 1.165) is 0 Å². The molecule has 27 heavy (non-hydrogen) atoms. The normalized spacial score (nSPS) is 10.3. The first kappa shape index (κ1) is 18.0. The van der Waals surface area contributed by atoms with Gasteiger partial charge in [-0.05, 0) is 36.4 Å². The lowest BCUT2D eigenvalue weighted by Gasteiger charge is -2.06. The summed E-state index contributed by atoms with van der Waals surface area (Å²) >= 11 is 0. The van der Waals surface area contributed by atoms with Crippen molar-refractivity contribution in [2.45, 2.75) is 0 Å². The zero-order valence-corrected chi connectivity index (χ0v) is 14.6. The third kappa shape index (κ3) is 3.90. The van der Waals surface area contributed by atoms with Crippen LogP contribution in [-0.2, 0) is 0 Å². The van der Waals surface area contributed by atoms with E-state index in [1.807, 2.05) is 0 Å². The highest BCUT2D eigenvalue weighted by atomic mass is 16.6. The van der Waals surface area contributed by atoms with Gasteiger partial charge in [-0.15, -0.1) is 0 Å². The van der Waals surface area contributed by atoms with Crippen molar-refractivity contribution < 1.29 is 23.6 Å². The molecular weight excluding hydrogens is 352 g/mol. The summed E-state index contributed by atoms with van der Waals surface area (Å²) < 4.78 is 15.7. The van der Waals surface area contributed by atoms with Crippen molar-refractivity contribution in [1.82, 2.24) is 0 Å². The largest absolute Gasteiger partial charge is 0.497 e. The van der Waals surface area contributed by atoms with Gasteiger partial charge in [0.25, 0.3) is 11.6 Å². The minimum absolute atomic E-state index is 0.0259. The van der Waals surface area contributed by atoms with Crippen LogP contribution in [0.25, 0.3) is 11.3 Å². The molecule has 0 saturated heterocycles. The lowest BCUT2D eigenvalue weighted by Crippen LogP contribution is -2.10. The van der Waals surface area contributed by atoms with E-state index in [-0.39, 0.29) is 22.8 Å². The van der Waals surface area contributed by atoms with Crippen LogP contribution in [0.2, 0.25) is 0 Å². The van der Waals surface area contributed by atoms with E-state index in [4.69, 9.17) is 13.9 Å². The van der Waals surface area contributed by atoms with Crippen LogP contribution in [0.3, 0.4) is 0 Å². The van der Waals surface area contributed by atoms with Crippen LogP contribution < -0.4 is 14.8 Å². The highest BCUT2D eigenvalue weighted by Gasteiger charge is 2.21. The van der Waals surface area contributed by atoms with E-state index < -0.39 is 10.8 Å². The molecule has 1 amide bonds. The molecule has 8 nitrogen and oxygen atoms in total. The lowest BCUT2D eigenvalue weighted by molar-refractivity contribution is -0.384. The van der Waals surface area contributed by atoms with Crippen LogP contribution in [0.1, 0.15) is 10.6 Å². The van der Waals surface area contributed by atoms with E-state index in [1.165, 1.54) is 38.5 Å². The summed E-state index contributed by atoms with van der Waals surface area (Å²) in [6, 6.07) is 14.2. The quantitative estimate of drug-likeness (QED) is 0.518. The fraction of sp³-hybridized carbons (Fsp3) is 0.105. The summed E-state index contributed by atoms with van der Waals surface area (Å²) in [5, 5.41) is 14.0. The Morgan fingerprint density at radius 3 is 2.48 bits per heavy atom. The van der Waals surface area contributed by atoms with Gasteiger partial charge in [0.1, 0.15) is 17.3 Å². The molecule has 3 rings (SSSR count). The maximum atomic E-state index is 12.4. The minimum atomic E-state index is -0.531. The smallest absolute Gasteiger partial charge is 0.291 e. The Labute approximate surface area is 154 Å². The number of nitrogens with one attached hydrogen (secondary N) is 1. The number of rotatable bonds is 6. The molecule has 2 aromatic carbocycles. The third-order valence-electron chi connectivity index (χ3n) is 3.82. The van der Waals surface area contributed by atoms with Crippen molar-refractivity contribution in [2.24, 2.45) is 0 Å². The third-order valence-corrected chi connectivity index (χ3v) is 3.82. The molecule has 8 heteroatoms. The fourth-order valence-electron chi connectivity index (χ4n) is 2.50. The first-order valence-corrected chi connectivity index (χ1v) is 7.90. The van der Waals surface area contributed by atoms with Gasteiger partial charge in [-0.2, -0.15) is 0 Å². The zero-order valence-electron chi connectivity index (χ0n) is 14.6. The molecule has 0 aliphatic rings. The Hall–Kier alpha value is -3.81. The number of nitro benzene ring substituents is 1. The molecular formula is C19H16N2O6. The Morgan fingerprint density at radius 2 is 1.78 bits per heavy atom. The zero-order chi connectivity index (χ0) is 19.4. The van der Waals surface area contributed by atoms with Gasteiger partial charge >= 0.3 is 0 Å². The van der Waals surface area contributed by atoms with Crippen LogP contribution in [-0.4, -0.2) is 25.1 Å². The number of amides is 1. The molecule has 0 saturated carbocycles. The minimum Gasteiger partial charge on any atom is -0.497 e. The van der Waals surface area contributed by atoms with Crippen LogP contribution in [0.4, 0.5) is 11.4 Å². The van der Waals surface area contributed by atoms with Gasteiger partial charge in [-0.1, -0.05) is 6.07 Å². The summed E-state index contributed by atoms with van der Waals surface area (Å²) in [6.45, 7) is 0. The molecule has 0 fully saturated rings. The van der Waals surface area contributed by atoms with Crippen molar-refractivity contribution in [3.05, 3.63) is 70.5 Å². The maximum Gasteiger partial charge on any atom is 0.291 e. The van der Waals surface area contributed by atoms with Gasteiger partial charge in [0.05, 0.1) is 30.8 Å². The lowest BCUT2D eigenvalue weighted by atomic mass is 10.1. The van der Waals surface area contributed by atoms with E-state index in [2.05, 4.69) is 5.32 Å². The molecule has 0 bridgehead atoms. The number of benzene rings is 2. The molecule has 0 spiro atoms. The summed E-state index contributed by atoms with van der Waals surface area (Å²) in [5.41, 5.74) is 0.609. The second kappa shape index (κ2) is 7.61.